The molecule has 0 spiro atoms. The zero-order chi connectivity index (χ0) is 17.1. The zero-order valence-corrected chi connectivity index (χ0v) is 14.9. The molecule has 0 N–H and O–H groups in total. The average Bonchev–Trinajstić information content (AvgIpc) is 2.50. The topological polar surface area (TPSA) is 70.4 Å². The van der Waals surface area contributed by atoms with Crippen molar-refractivity contribution in [3.63, 3.8) is 0 Å². The SMILES string of the molecule is CCOC(=O)Oc1cnn(C)c(=O)c1-c1c(C)ccc(Br)c1C. The molecular weight excluding hydrogens is 364 g/mol. The number of halogens is 1. The van der Waals surface area contributed by atoms with Crippen LogP contribution in [0.5, 0.6) is 5.75 Å². The summed E-state index contributed by atoms with van der Waals surface area (Å²) in [7, 11) is 1.54. The van der Waals surface area contributed by atoms with E-state index in [2.05, 4.69) is 21.0 Å². The van der Waals surface area contributed by atoms with Crippen LogP contribution < -0.4 is 10.3 Å². The van der Waals surface area contributed by atoms with Gasteiger partial charge in [0, 0.05) is 11.5 Å². The summed E-state index contributed by atoms with van der Waals surface area (Å²) in [5.41, 5.74) is 2.41. The largest absolute Gasteiger partial charge is 0.513 e. The van der Waals surface area contributed by atoms with Gasteiger partial charge >= 0.3 is 6.16 Å². The fourth-order valence-electron chi connectivity index (χ4n) is 2.27. The Morgan fingerprint density at radius 2 is 2.00 bits per heavy atom. The molecule has 6 nitrogen and oxygen atoms in total. The van der Waals surface area contributed by atoms with Gasteiger partial charge in [0.15, 0.2) is 5.75 Å². The van der Waals surface area contributed by atoms with Crippen LogP contribution in [0.15, 0.2) is 27.6 Å². The number of carbonyl (C=O) groups excluding carboxylic acids is 1. The molecule has 0 saturated carbocycles. The number of benzene rings is 1. The van der Waals surface area contributed by atoms with Crippen LogP contribution in [0.3, 0.4) is 0 Å². The van der Waals surface area contributed by atoms with Crippen LogP contribution in [-0.4, -0.2) is 22.5 Å². The summed E-state index contributed by atoms with van der Waals surface area (Å²) >= 11 is 3.46. The molecule has 1 heterocycles. The van der Waals surface area contributed by atoms with Gasteiger partial charge in [-0.15, -0.1) is 0 Å². The van der Waals surface area contributed by atoms with E-state index in [0.29, 0.717) is 5.56 Å². The summed E-state index contributed by atoms with van der Waals surface area (Å²) in [5.74, 6) is 0.0795. The fraction of sp³-hybridized carbons (Fsp3) is 0.312. The quantitative estimate of drug-likeness (QED) is 0.763. The summed E-state index contributed by atoms with van der Waals surface area (Å²) in [6, 6.07) is 3.80. The van der Waals surface area contributed by atoms with E-state index < -0.39 is 6.16 Å². The van der Waals surface area contributed by atoms with Gasteiger partial charge in [0.05, 0.1) is 18.4 Å². The van der Waals surface area contributed by atoms with Gasteiger partial charge in [-0.2, -0.15) is 5.10 Å². The number of hydrogen-bond acceptors (Lipinski definition) is 5. The van der Waals surface area contributed by atoms with E-state index in [1.165, 1.54) is 10.9 Å². The molecule has 122 valence electrons. The number of carbonyl (C=O) groups is 1. The monoisotopic (exact) mass is 380 g/mol. The Bertz CT molecular complexity index is 814. The van der Waals surface area contributed by atoms with Crippen molar-refractivity contribution in [2.75, 3.05) is 6.61 Å². The van der Waals surface area contributed by atoms with Gasteiger partial charge in [-0.25, -0.2) is 9.48 Å². The minimum absolute atomic E-state index is 0.0795. The molecule has 1 aromatic carbocycles. The summed E-state index contributed by atoms with van der Waals surface area (Å²) in [5, 5.41) is 3.92. The Hall–Kier alpha value is -2.15. The number of rotatable bonds is 3. The van der Waals surface area contributed by atoms with E-state index in [9.17, 15) is 9.59 Å². The summed E-state index contributed by atoms with van der Waals surface area (Å²) < 4.78 is 12.0. The molecule has 0 unspecified atom stereocenters. The second-order valence-electron chi connectivity index (χ2n) is 4.96. The molecule has 1 aromatic heterocycles. The second kappa shape index (κ2) is 6.95. The number of hydrogen-bond donors (Lipinski definition) is 0. The molecule has 0 aliphatic rings. The lowest BCUT2D eigenvalue weighted by atomic mass is 9.96. The van der Waals surface area contributed by atoms with E-state index in [1.807, 2.05) is 26.0 Å². The Morgan fingerprint density at radius 3 is 2.65 bits per heavy atom. The first-order valence-electron chi connectivity index (χ1n) is 7.03. The maximum absolute atomic E-state index is 12.6. The van der Waals surface area contributed by atoms with E-state index in [0.717, 1.165) is 15.6 Å². The van der Waals surface area contributed by atoms with Crippen LogP contribution in [0.25, 0.3) is 11.1 Å². The van der Waals surface area contributed by atoms with Gasteiger partial charge in [0.1, 0.15) is 0 Å². The Morgan fingerprint density at radius 1 is 1.30 bits per heavy atom. The summed E-state index contributed by atoms with van der Waals surface area (Å²) in [6.45, 7) is 5.64. The molecule has 0 bridgehead atoms. The highest BCUT2D eigenvalue weighted by Crippen LogP contribution is 2.34. The highest BCUT2D eigenvalue weighted by Gasteiger charge is 2.21. The maximum Gasteiger partial charge on any atom is 0.513 e. The maximum atomic E-state index is 12.6. The second-order valence-corrected chi connectivity index (χ2v) is 5.82. The third-order valence-corrected chi connectivity index (χ3v) is 4.27. The molecule has 0 fully saturated rings. The van der Waals surface area contributed by atoms with Crippen molar-refractivity contribution < 1.29 is 14.3 Å². The molecule has 7 heteroatoms. The van der Waals surface area contributed by atoms with Crippen LogP contribution >= 0.6 is 15.9 Å². The Kier molecular flexibility index (Phi) is 5.20. The first-order chi connectivity index (χ1) is 10.9. The molecular formula is C16H17BrN2O4. The average molecular weight is 381 g/mol. The van der Waals surface area contributed by atoms with Crippen LogP contribution in [-0.2, 0) is 11.8 Å². The molecule has 2 rings (SSSR count). The summed E-state index contributed by atoms with van der Waals surface area (Å²) in [6.07, 6.45) is 0.474. The fourth-order valence-corrected chi connectivity index (χ4v) is 2.60. The van der Waals surface area contributed by atoms with Crippen LogP contribution in [0, 0.1) is 13.8 Å². The standard InChI is InChI=1S/C16H17BrN2O4/c1-5-22-16(21)23-12-8-18-19(4)15(20)14(12)13-9(2)6-7-11(17)10(13)3/h6-8H,5H2,1-4H3. The molecule has 0 saturated heterocycles. The van der Waals surface area contributed by atoms with Crippen LogP contribution in [0.4, 0.5) is 4.79 Å². The van der Waals surface area contributed by atoms with Crippen molar-refractivity contribution in [1.82, 2.24) is 9.78 Å². The number of aromatic nitrogens is 2. The van der Waals surface area contributed by atoms with E-state index >= 15 is 0 Å². The van der Waals surface area contributed by atoms with Gasteiger partial charge in [-0.1, -0.05) is 22.0 Å². The molecule has 0 radical (unpaired) electrons. The van der Waals surface area contributed by atoms with Gasteiger partial charge < -0.3 is 9.47 Å². The molecule has 23 heavy (non-hydrogen) atoms. The van der Waals surface area contributed by atoms with Gasteiger partial charge in [-0.3, -0.25) is 4.79 Å². The predicted molar refractivity (Wildman–Crippen MR) is 89.7 cm³/mol. The van der Waals surface area contributed by atoms with Gasteiger partial charge in [0.25, 0.3) is 5.56 Å². The van der Waals surface area contributed by atoms with Crippen molar-refractivity contribution in [2.45, 2.75) is 20.8 Å². The van der Waals surface area contributed by atoms with Crippen molar-refractivity contribution >= 4 is 22.1 Å². The zero-order valence-electron chi connectivity index (χ0n) is 13.3. The van der Waals surface area contributed by atoms with Gasteiger partial charge in [-0.05, 0) is 43.5 Å². The molecule has 0 amide bonds. The summed E-state index contributed by atoms with van der Waals surface area (Å²) in [4.78, 5) is 24.2. The van der Waals surface area contributed by atoms with Crippen molar-refractivity contribution in [1.29, 1.82) is 0 Å². The third kappa shape index (κ3) is 3.44. The first kappa shape index (κ1) is 17.2. The lowest BCUT2D eigenvalue weighted by Crippen LogP contribution is -2.24. The lowest BCUT2D eigenvalue weighted by molar-refractivity contribution is 0.104. The molecule has 0 aliphatic heterocycles. The minimum Gasteiger partial charge on any atom is -0.434 e. The number of aryl methyl sites for hydroxylation is 2. The molecule has 2 aromatic rings. The Labute approximate surface area is 142 Å². The highest BCUT2D eigenvalue weighted by molar-refractivity contribution is 9.10. The number of ether oxygens (including phenoxy) is 2. The first-order valence-corrected chi connectivity index (χ1v) is 7.83. The minimum atomic E-state index is -0.867. The smallest absolute Gasteiger partial charge is 0.434 e. The lowest BCUT2D eigenvalue weighted by Gasteiger charge is -2.15. The predicted octanol–water partition coefficient (Wildman–Crippen LogP) is 3.36. The molecule has 0 aliphatic carbocycles. The van der Waals surface area contributed by atoms with Crippen LogP contribution in [0.2, 0.25) is 0 Å². The van der Waals surface area contributed by atoms with Crippen molar-refractivity contribution in [3.8, 4) is 16.9 Å². The molecule has 0 atom stereocenters. The third-order valence-electron chi connectivity index (χ3n) is 3.42. The van der Waals surface area contributed by atoms with E-state index in [1.54, 1.807) is 14.0 Å². The van der Waals surface area contributed by atoms with E-state index in [4.69, 9.17) is 9.47 Å². The number of nitrogens with zero attached hydrogens (tertiary/aromatic N) is 2. The van der Waals surface area contributed by atoms with Crippen LogP contribution in [0.1, 0.15) is 18.1 Å². The van der Waals surface area contributed by atoms with E-state index in [-0.39, 0.29) is 23.5 Å². The van der Waals surface area contributed by atoms with Crippen molar-refractivity contribution in [2.24, 2.45) is 7.05 Å². The van der Waals surface area contributed by atoms with Crippen molar-refractivity contribution in [3.05, 3.63) is 44.3 Å². The van der Waals surface area contributed by atoms with Gasteiger partial charge in [0.2, 0.25) is 0 Å². The normalized spacial score (nSPS) is 10.5. The Balaban J connectivity index is 2.71. The highest BCUT2D eigenvalue weighted by atomic mass is 79.9.